The van der Waals surface area contributed by atoms with Gasteiger partial charge in [-0.25, -0.2) is 4.79 Å². The van der Waals surface area contributed by atoms with Gasteiger partial charge in [-0.15, -0.1) is 0 Å². The summed E-state index contributed by atoms with van der Waals surface area (Å²) in [5.74, 6) is -5.47. The molecule has 0 aromatic rings. The van der Waals surface area contributed by atoms with E-state index in [2.05, 4.69) is 18.4 Å². The second kappa shape index (κ2) is 41.1. The number of phosphoric acid groups is 1. The van der Waals surface area contributed by atoms with Crippen molar-refractivity contribution in [3.63, 3.8) is 0 Å². The van der Waals surface area contributed by atoms with E-state index in [1.54, 1.807) is 0 Å². The number of aliphatic hydroxyl groups excluding tert-OH is 2. The predicted octanol–water partition coefficient (Wildman–Crippen LogP) is 8.54. The second-order valence-corrected chi connectivity index (χ2v) is 16.7. The quantitative estimate of drug-likeness (QED) is 0.0269. The Labute approximate surface area is 357 Å². The molecule has 0 saturated heterocycles. The van der Waals surface area contributed by atoms with Crippen molar-refractivity contribution in [2.75, 3.05) is 33.0 Å². The third-order valence-electron chi connectivity index (χ3n) is 9.92. The van der Waals surface area contributed by atoms with Gasteiger partial charge in [0.1, 0.15) is 12.2 Å². The molecule has 0 fully saturated rings. The van der Waals surface area contributed by atoms with Gasteiger partial charge >= 0.3 is 41.4 Å². The molecule has 0 aliphatic heterocycles. The van der Waals surface area contributed by atoms with Crippen LogP contribution in [-0.4, -0.2) is 67.3 Å². The molecule has 0 bridgehead atoms. The molecular weight excluding hydrogens is 740 g/mol. The molecule has 324 valence electrons. The Balaban J connectivity index is 0. The Morgan fingerprint density at radius 1 is 0.600 bits per heavy atom. The monoisotopic (exact) mass is 823 g/mol. The van der Waals surface area contributed by atoms with Crippen LogP contribution in [0, 0.1) is 0 Å². The Morgan fingerprint density at radius 3 is 1.33 bits per heavy atom. The van der Waals surface area contributed by atoms with Gasteiger partial charge < -0.3 is 33.6 Å². The number of carbonyl (C=O) groups is 1. The summed E-state index contributed by atoms with van der Waals surface area (Å²) < 4.78 is 61.5. The van der Waals surface area contributed by atoms with Crippen molar-refractivity contribution in [1.82, 2.24) is 0 Å². The summed E-state index contributed by atoms with van der Waals surface area (Å²) >= 11 is 0. The van der Waals surface area contributed by atoms with E-state index in [1.165, 1.54) is 128 Å². The van der Waals surface area contributed by atoms with Crippen LogP contribution in [0.4, 0.5) is 8.78 Å². The minimum atomic E-state index is -4.98. The maximum atomic E-state index is 14.8. The standard InChI is InChI=1S/C42H83F2O9P.Na/c1-3-5-7-9-11-13-15-17-19-20-22-24-26-28-30-32-34-50-37-40(38-52-54(48,49)51-36-39(46)35-45)53-41(47)42(43,44)33-31-29-27-25-23-21-18-16-14-12-10-8-6-4-2;/h39-40,45-46H,3-38H2,1-2H3,(H,48,49);/q;+1/p-1/t39-,40+;/m0./s1. The van der Waals surface area contributed by atoms with Gasteiger partial charge in [0.25, 0.3) is 7.82 Å². The first-order chi connectivity index (χ1) is 26.1. The van der Waals surface area contributed by atoms with Crippen molar-refractivity contribution in [1.29, 1.82) is 0 Å². The molecule has 3 atom stereocenters. The maximum absolute atomic E-state index is 14.8. The van der Waals surface area contributed by atoms with Gasteiger partial charge in [-0.05, 0) is 12.8 Å². The van der Waals surface area contributed by atoms with Crippen LogP contribution in [-0.2, 0) is 27.9 Å². The summed E-state index contributed by atoms with van der Waals surface area (Å²) in [6, 6.07) is 0. The van der Waals surface area contributed by atoms with E-state index in [0.717, 1.165) is 51.4 Å². The maximum Gasteiger partial charge on any atom is 1.00 e. The molecule has 0 aliphatic rings. The van der Waals surface area contributed by atoms with Crippen molar-refractivity contribution >= 4 is 13.8 Å². The Bertz CT molecular complexity index is 875. The van der Waals surface area contributed by atoms with Gasteiger partial charge in [-0.2, -0.15) is 8.78 Å². The number of ether oxygens (including phenoxy) is 2. The molecule has 0 aromatic heterocycles. The normalized spacial score (nSPS) is 14.0. The molecule has 0 heterocycles. The first-order valence-electron chi connectivity index (χ1n) is 22.1. The topological polar surface area (TPSA) is 135 Å². The number of phosphoric ester groups is 1. The summed E-state index contributed by atoms with van der Waals surface area (Å²) in [7, 11) is -4.98. The summed E-state index contributed by atoms with van der Waals surface area (Å²) in [5, 5.41) is 18.2. The molecule has 0 rings (SSSR count). The third-order valence-corrected chi connectivity index (χ3v) is 10.8. The predicted molar refractivity (Wildman–Crippen MR) is 213 cm³/mol. The Morgan fingerprint density at radius 2 is 0.945 bits per heavy atom. The van der Waals surface area contributed by atoms with Crippen LogP contribution in [0.2, 0.25) is 0 Å². The number of esters is 1. The van der Waals surface area contributed by atoms with E-state index in [0.29, 0.717) is 13.0 Å². The minimum Gasteiger partial charge on any atom is -0.756 e. The van der Waals surface area contributed by atoms with Crippen LogP contribution < -0.4 is 34.5 Å². The fourth-order valence-corrected chi connectivity index (χ4v) is 7.18. The molecule has 1 unspecified atom stereocenters. The number of hydrogen-bond acceptors (Lipinski definition) is 9. The van der Waals surface area contributed by atoms with Crippen molar-refractivity contribution in [2.24, 2.45) is 0 Å². The smallest absolute Gasteiger partial charge is 0.756 e. The molecular formula is C42H82F2NaO9P. The molecule has 0 aromatic carbocycles. The number of unbranched alkanes of at least 4 members (excludes halogenated alkanes) is 28. The summed E-state index contributed by atoms with van der Waals surface area (Å²) in [6.07, 6.45) is 31.3. The molecule has 0 radical (unpaired) electrons. The first kappa shape index (κ1) is 57.4. The number of halogens is 2. The van der Waals surface area contributed by atoms with Gasteiger partial charge in [-0.3, -0.25) is 4.57 Å². The SMILES string of the molecule is CCCCCCCCCCCCCCCCCCOC[C@H](COP(=O)([O-])OC[C@@H](O)CO)OC(=O)C(F)(F)CCCCCCCCCCCCCCCC.[Na+]. The van der Waals surface area contributed by atoms with Gasteiger partial charge in [0.2, 0.25) is 0 Å². The Kier molecular flexibility index (Phi) is 42.9. The summed E-state index contributed by atoms with van der Waals surface area (Å²) in [5.41, 5.74) is 0. The molecule has 55 heavy (non-hydrogen) atoms. The fourth-order valence-electron chi connectivity index (χ4n) is 6.41. The second-order valence-electron chi connectivity index (χ2n) is 15.3. The van der Waals surface area contributed by atoms with Crippen molar-refractivity contribution in [3.8, 4) is 0 Å². The minimum absolute atomic E-state index is 0. The average Bonchev–Trinajstić information content (AvgIpc) is 3.15. The molecule has 0 spiro atoms. The van der Waals surface area contributed by atoms with E-state index in [4.69, 9.17) is 19.1 Å². The molecule has 0 amide bonds. The fraction of sp³-hybridized carbons (Fsp3) is 0.976. The average molecular weight is 823 g/mol. The summed E-state index contributed by atoms with van der Waals surface area (Å²) in [6.45, 7) is 2.21. The number of rotatable bonds is 43. The van der Waals surface area contributed by atoms with E-state index < -0.39 is 58.2 Å². The zero-order chi connectivity index (χ0) is 40.0. The number of aliphatic hydroxyl groups is 2. The van der Waals surface area contributed by atoms with Gasteiger partial charge in [0, 0.05) is 13.0 Å². The molecule has 13 heteroatoms. The van der Waals surface area contributed by atoms with Crippen LogP contribution in [0.3, 0.4) is 0 Å². The van der Waals surface area contributed by atoms with Crippen LogP contribution in [0.25, 0.3) is 0 Å². The van der Waals surface area contributed by atoms with Gasteiger partial charge in [0.15, 0.2) is 0 Å². The zero-order valence-electron chi connectivity index (χ0n) is 35.6. The molecule has 9 nitrogen and oxygen atoms in total. The summed E-state index contributed by atoms with van der Waals surface area (Å²) in [4.78, 5) is 24.6. The Hall–Kier alpha value is 0.320. The van der Waals surface area contributed by atoms with Crippen LogP contribution in [0.1, 0.15) is 213 Å². The van der Waals surface area contributed by atoms with Gasteiger partial charge in [0.05, 0.1) is 26.4 Å². The van der Waals surface area contributed by atoms with E-state index in [-0.39, 0.29) is 42.6 Å². The molecule has 0 saturated carbocycles. The number of alkyl halides is 2. The third kappa shape index (κ3) is 39.5. The first-order valence-corrected chi connectivity index (χ1v) is 23.6. The largest absolute Gasteiger partial charge is 1.00 e. The number of hydrogen-bond donors (Lipinski definition) is 2. The van der Waals surface area contributed by atoms with Crippen LogP contribution in [0.5, 0.6) is 0 Å². The van der Waals surface area contributed by atoms with E-state index in [1.807, 2.05) is 0 Å². The molecule has 2 N–H and O–H groups in total. The zero-order valence-corrected chi connectivity index (χ0v) is 38.5. The van der Waals surface area contributed by atoms with E-state index >= 15 is 0 Å². The van der Waals surface area contributed by atoms with Crippen molar-refractivity contribution < 1.29 is 81.3 Å². The van der Waals surface area contributed by atoms with E-state index in [9.17, 15) is 28.1 Å². The van der Waals surface area contributed by atoms with Crippen molar-refractivity contribution in [3.05, 3.63) is 0 Å². The number of carbonyl (C=O) groups excluding carboxylic acids is 1. The molecule has 0 aliphatic carbocycles. The van der Waals surface area contributed by atoms with Crippen molar-refractivity contribution in [2.45, 2.75) is 231 Å². The van der Waals surface area contributed by atoms with Crippen LogP contribution in [0.15, 0.2) is 0 Å². The van der Waals surface area contributed by atoms with Gasteiger partial charge in [-0.1, -0.05) is 194 Å². The van der Waals surface area contributed by atoms with Crippen LogP contribution >= 0.6 is 7.82 Å².